The molecule has 0 fully saturated rings. The van der Waals surface area contributed by atoms with Crippen LogP contribution in [0.5, 0.6) is 11.5 Å². The van der Waals surface area contributed by atoms with Crippen molar-refractivity contribution in [1.82, 2.24) is 0 Å². The lowest BCUT2D eigenvalue weighted by Gasteiger charge is -2.14. The number of hydrogen-bond acceptors (Lipinski definition) is 2. The van der Waals surface area contributed by atoms with Crippen LogP contribution in [0.15, 0.2) is 42.5 Å². The smallest absolute Gasteiger partial charge is 0.161 e. The second-order valence-electron chi connectivity index (χ2n) is 7.82. The molecule has 0 saturated carbocycles. The van der Waals surface area contributed by atoms with E-state index in [1.54, 1.807) is 0 Å². The first-order chi connectivity index (χ1) is 13.0. The van der Waals surface area contributed by atoms with Gasteiger partial charge in [-0.2, -0.15) is 0 Å². The topological polar surface area (TPSA) is 39.5 Å². The quantitative estimate of drug-likeness (QED) is 0.634. The Labute approximate surface area is 164 Å². The number of nitrogens with two attached hydrogens (primary N) is 1. The van der Waals surface area contributed by atoms with Crippen molar-refractivity contribution < 1.29 is 19.7 Å². The highest BCUT2D eigenvalue weighted by atomic mass is 16.5. The van der Waals surface area contributed by atoms with E-state index in [1.807, 2.05) is 13.0 Å². The highest BCUT2D eigenvalue weighted by Crippen LogP contribution is 2.28. The van der Waals surface area contributed by atoms with Crippen LogP contribution in [0, 0.1) is 5.92 Å². The number of ether oxygens (including phenoxy) is 2. The third kappa shape index (κ3) is 7.61. The Kier molecular flexibility index (Phi) is 8.62. The SMILES string of the molecule is CCOc1cc(C[NH2+]Cc2ccc(C[NH+](C)C)cc2)ccc1OCC(C)C. The lowest BCUT2D eigenvalue weighted by atomic mass is 10.1. The van der Waals surface area contributed by atoms with Crippen molar-refractivity contribution in [2.24, 2.45) is 5.92 Å². The Morgan fingerprint density at radius 1 is 0.852 bits per heavy atom. The predicted molar refractivity (Wildman–Crippen MR) is 110 cm³/mol. The molecule has 4 heteroatoms. The summed E-state index contributed by atoms with van der Waals surface area (Å²) in [5.41, 5.74) is 4.00. The maximum absolute atomic E-state index is 5.88. The summed E-state index contributed by atoms with van der Waals surface area (Å²) < 4.78 is 11.7. The monoisotopic (exact) mass is 372 g/mol. The Hall–Kier alpha value is -2.04. The van der Waals surface area contributed by atoms with Crippen LogP contribution in [0.3, 0.4) is 0 Å². The van der Waals surface area contributed by atoms with Gasteiger partial charge >= 0.3 is 0 Å². The average molecular weight is 373 g/mol. The van der Waals surface area contributed by atoms with Gasteiger partial charge in [0, 0.05) is 16.7 Å². The van der Waals surface area contributed by atoms with Gasteiger partial charge in [0.1, 0.15) is 19.6 Å². The molecule has 2 rings (SSSR count). The fraction of sp³-hybridized carbons (Fsp3) is 0.478. The van der Waals surface area contributed by atoms with Crippen LogP contribution in [0.4, 0.5) is 0 Å². The minimum atomic E-state index is 0.498. The van der Waals surface area contributed by atoms with Gasteiger partial charge in [-0.05, 0) is 31.0 Å². The summed E-state index contributed by atoms with van der Waals surface area (Å²) in [4.78, 5) is 1.44. The molecule has 0 amide bonds. The third-order valence-corrected chi connectivity index (χ3v) is 4.22. The first-order valence-corrected chi connectivity index (χ1v) is 10.0. The standard InChI is InChI=1S/C23H34N2O2/c1-6-26-23-13-21(11-12-22(23)27-17-18(2)3)15-24-14-19-7-9-20(10-8-19)16-25(4)5/h7-13,18,24H,6,14-17H2,1-5H3/p+2. The van der Waals surface area contributed by atoms with Crippen LogP contribution in [0.25, 0.3) is 0 Å². The molecule has 0 saturated heterocycles. The van der Waals surface area contributed by atoms with Gasteiger partial charge in [0.15, 0.2) is 11.5 Å². The molecule has 0 aliphatic carbocycles. The van der Waals surface area contributed by atoms with Crippen molar-refractivity contribution >= 4 is 0 Å². The van der Waals surface area contributed by atoms with Gasteiger partial charge in [0.2, 0.25) is 0 Å². The first-order valence-electron chi connectivity index (χ1n) is 10.0. The summed E-state index contributed by atoms with van der Waals surface area (Å²) in [6.07, 6.45) is 0. The van der Waals surface area contributed by atoms with Crippen LogP contribution in [0.1, 0.15) is 37.5 Å². The van der Waals surface area contributed by atoms with Crippen molar-refractivity contribution in [1.29, 1.82) is 0 Å². The number of rotatable bonds is 11. The Morgan fingerprint density at radius 2 is 1.48 bits per heavy atom. The number of nitrogens with one attached hydrogen (secondary N) is 1. The maximum atomic E-state index is 5.88. The summed E-state index contributed by atoms with van der Waals surface area (Å²) in [6, 6.07) is 15.2. The molecule has 27 heavy (non-hydrogen) atoms. The van der Waals surface area contributed by atoms with E-state index in [2.05, 4.69) is 69.7 Å². The van der Waals surface area contributed by atoms with Gasteiger partial charge in [0.05, 0.1) is 27.3 Å². The summed E-state index contributed by atoms with van der Waals surface area (Å²) >= 11 is 0. The van der Waals surface area contributed by atoms with Gasteiger partial charge in [0.25, 0.3) is 0 Å². The van der Waals surface area contributed by atoms with Crippen molar-refractivity contribution in [3.8, 4) is 11.5 Å². The molecule has 148 valence electrons. The summed E-state index contributed by atoms with van der Waals surface area (Å²) in [5, 5.41) is 2.33. The van der Waals surface area contributed by atoms with E-state index in [0.29, 0.717) is 19.1 Å². The molecule has 0 unspecified atom stereocenters. The second-order valence-corrected chi connectivity index (χ2v) is 7.82. The number of benzene rings is 2. The summed E-state index contributed by atoms with van der Waals surface area (Å²) in [7, 11) is 4.36. The van der Waals surface area contributed by atoms with Crippen molar-refractivity contribution in [3.05, 3.63) is 59.2 Å². The third-order valence-electron chi connectivity index (χ3n) is 4.22. The van der Waals surface area contributed by atoms with Crippen LogP contribution in [0.2, 0.25) is 0 Å². The molecule has 2 aromatic rings. The molecule has 0 aliphatic rings. The van der Waals surface area contributed by atoms with Crippen molar-refractivity contribution in [2.45, 2.75) is 40.4 Å². The molecular formula is C23H36N2O2+2. The highest BCUT2D eigenvalue weighted by molar-refractivity contribution is 5.42. The Bertz CT molecular complexity index is 681. The van der Waals surface area contributed by atoms with E-state index >= 15 is 0 Å². The molecule has 0 aromatic heterocycles. The number of quaternary nitrogens is 2. The van der Waals surface area contributed by atoms with Gasteiger partial charge in [-0.1, -0.05) is 38.1 Å². The Morgan fingerprint density at radius 3 is 2.11 bits per heavy atom. The first kappa shape index (κ1) is 21.3. The van der Waals surface area contributed by atoms with Gasteiger partial charge in [-0.3, -0.25) is 0 Å². The van der Waals surface area contributed by atoms with E-state index in [0.717, 1.165) is 31.1 Å². The molecule has 2 aromatic carbocycles. The van der Waals surface area contributed by atoms with E-state index in [9.17, 15) is 0 Å². The molecule has 0 bridgehead atoms. The summed E-state index contributed by atoms with van der Waals surface area (Å²) in [5.74, 6) is 2.19. The van der Waals surface area contributed by atoms with Crippen LogP contribution >= 0.6 is 0 Å². The lowest BCUT2D eigenvalue weighted by molar-refractivity contribution is -0.872. The molecule has 0 atom stereocenters. The highest BCUT2D eigenvalue weighted by Gasteiger charge is 2.09. The van der Waals surface area contributed by atoms with Crippen molar-refractivity contribution in [2.75, 3.05) is 27.3 Å². The number of hydrogen-bond donors (Lipinski definition) is 2. The van der Waals surface area contributed by atoms with Gasteiger partial charge in [-0.25, -0.2) is 0 Å². The zero-order valence-corrected chi connectivity index (χ0v) is 17.5. The van der Waals surface area contributed by atoms with E-state index in [4.69, 9.17) is 9.47 Å². The molecule has 0 aliphatic heterocycles. The maximum Gasteiger partial charge on any atom is 0.161 e. The molecular weight excluding hydrogens is 336 g/mol. The van der Waals surface area contributed by atoms with Crippen LogP contribution in [-0.2, 0) is 19.6 Å². The van der Waals surface area contributed by atoms with E-state index in [-0.39, 0.29) is 0 Å². The molecule has 0 radical (unpaired) electrons. The van der Waals surface area contributed by atoms with Crippen LogP contribution in [-0.4, -0.2) is 27.3 Å². The van der Waals surface area contributed by atoms with Gasteiger partial charge in [-0.15, -0.1) is 0 Å². The average Bonchev–Trinajstić information content (AvgIpc) is 2.62. The largest absolute Gasteiger partial charge is 0.490 e. The molecule has 0 spiro atoms. The fourth-order valence-corrected chi connectivity index (χ4v) is 2.93. The van der Waals surface area contributed by atoms with Gasteiger partial charge < -0.3 is 19.7 Å². The Balaban J connectivity index is 1.90. The van der Waals surface area contributed by atoms with Crippen LogP contribution < -0.4 is 19.7 Å². The van der Waals surface area contributed by atoms with E-state index in [1.165, 1.54) is 21.6 Å². The fourth-order valence-electron chi connectivity index (χ4n) is 2.93. The molecule has 3 N–H and O–H groups in total. The summed E-state index contributed by atoms with van der Waals surface area (Å²) in [6.45, 7) is 10.6. The normalized spacial score (nSPS) is 11.2. The minimum absolute atomic E-state index is 0.498. The zero-order chi connectivity index (χ0) is 19.6. The zero-order valence-electron chi connectivity index (χ0n) is 17.5. The minimum Gasteiger partial charge on any atom is -0.490 e. The molecule has 4 nitrogen and oxygen atoms in total. The predicted octanol–water partition coefficient (Wildman–Crippen LogP) is 2.03. The van der Waals surface area contributed by atoms with E-state index < -0.39 is 0 Å². The van der Waals surface area contributed by atoms with Crippen molar-refractivity contribution in [3.63, 3.8) is 0 Å². The second kappa shape index (κ2) is 11.0. The lowest BCUT2D eigenvalue weighted by Crippen LogP contribution is -3.04. The molecule has 0 heterocycles.